The summed E-state index contributed by atoms with van der Waals surface area (Å²) < 4.78 is 0. The molecule has 0 spiro atoms. The monoisotopic (exact) mass is 382 g/mol. The molecule has 27 heavy (non-hydrogen) atoms. The first kappa shape index (κ1) is 20.9. The van der Waals surface area contributed by atoms with E-state index in [0.29, 0.717) is 5.11 Å². The number of benzene rings is 2. The van der Waals surface area contributed by atoms with E-state index in [1.165, 1.54) is 24.1 Å². The molecule has 0 atom stereocenters. The van der Waals surface area contributed by atoms with Gasteiger partial charge in [0.2, 0.25) is 0 Å². The molecule has 144 valence electrons. The van der Waals surface area contributed by atoms with Crippen molar-refractivity contribution in [2.75, 3.05) is 23.3 Å². The van der Waals surface area contributed by atoms with Crippen LogP contribution in [-0.2, 0) is 6.42 Å². The van der Waals surface area contributed by atoms with Crippen molar-refractivity contribution in [1.82, 2.24) is 5.43 Å². The van der Waals surface area contributed by atoms with Crippen LogP contribution in [0.5, 0.6) is 0 Å². The fourth-order valence-electron chi connectivity index (χ4n) is 2.86. The van der Waals surface area contributed by atoms with Gasteiger partial charge in [0.15, 0.2) is 5.11 Å². The zero-order chi connectivity index (χ0) is 19.5. The molecule has 0 bridgehead atoms. The molecule has 2 aromatic rings. The number of para-hydroxylation sites is 1. The molecule has 0 aliphatic heterocycles. The van der Waals surface area contributed by atoms with Crippen LogP contribution >= 0.6 is 12.2 Å². The van der Waals surface area contributed by atoms with Gasteiger partial charge in [0.1, 0.15) is 0 Å². The normalized spacial score (nSPS) is 10.8. The molecule has 0 radical (unpaired) electrons. The summed E-state index contributed by atoms with van der Waals surface area (Å²) in [6.45, 7) is 8.66. The number of anilines is 2. The fourth-order valence-corrected chi connectivity index (χ4v) is 3.02. The maximum absolute atomic E-state index is 5.33. The van der Waals surface area contributed by atoms with Crippen LogP contribution in [0, 0.1) is 0 Å². The lowest BCUT2D eigenvalue weighted by molar-refractivity contribution is 0.732. The summed E-state index contributed by atoms with van der Waals surface area (Å²) >= 11 is 5.33. The van der Waals surface area contributed by atoms with Gasteiger partial charge in [-0.1, -0.05) is 50.6 Å². The van der Waals surface area contributed by atoms with Gasteiger partial charge in [0.05, 0.1) is 6.21 Å². The van der Waals surface area contributed by atoms with Crippen molar-refractivity contribution < 1.29 is 0 Å². The summed E-state index contributed by atoms with van der Waals surface area (Å²) in [5, 5.41) is 7.93. The molecule has 0 heterocycles. The fraction of sp³-hybridized carbons (Fsp3) is 0.364. The number of nitrogens with one attached hydrogen (secondary N) is 2. The molecule has 2 aromatic carbocycles. The molecule has 0 aliphatic rings. The minimum atomic E-state index is 0.487. The van der Waals surface area contributed by atoms with E-state index in [9.17, 15) is 0 Å². The second-order valence-electron chi connectivity index (χ2n) is 6.36. The average Bonchev–Trinajstić information content (AvgIpc) is 2.70. The van der Waals surface area contributed by atoms with Crippen molar-refractivity contribution in [1.29, 1.82) is 0 Å². The van der Waals surface area contributed by atoms with Gasteiger partial charge in [-0.2, -0.15) is 5.10 Å². The predicted octanol–water partition coefficient (Wildman–Crippen LogP) is 5.20. The molecule has 0 aliphatic carbocycles. The van der Waals surface area contributed by atoms with Crippen LogP contribution < -0.4 is 15.6 Å². The molecule has 5 heteroatoms. The van der Waals surface area contributed by atoms with Gasteiger partial charge in [-0.3, -0.25) is 5.43 Å². The Kier molecular flexibility index (Phi) is 8.78. The average molecular weight is 383 g/mol. The second-order valence-corrected chi connectivity index (χ2v) is 6.77. The summed E-state index contributed by atoms with van der Waals surface area (Å²) in [6, 6.07) is 16.6. The van der Waals surface area contributed by atoms with E-state index in [0.717, 1.165) is 30.8 Å². The van der Waals surface area contributed by atoms with Crippen molar-refractivity contribution in [2.24, 2.45) is 5.10 Å². The Labute approximate surface area is 168 Å². The molecule has 0 amide bonds. The van der Waals surface area contributed by atoms with E-state index in [1.54, 1.807) is 6.21 Å². The number of aryl methyl sites for hydroxylation is 1. The van der Waals surface area contributed by atoms with E-state index in [2.05, 4.69) is 71.8 Å². The minimum Gasteiger partial charge on any atom is -0.372 e. The first-order chi connectivity index (χ1) is 13.2. The number of unbranched alkanes of at least 4 members (excludes halogenated alkanes) is 1. The van der Waals surface area contributed by atoms with Crippen molar-refractivity contribution in [3.63, 3.8) is 0 Å². The van der Waals surface area contributed by atoms with Gasteiger partial charge in [-0.25, -0.2) is 0 Å². The lowest BCUT2D eigenvalue weighted by atomic mass is 10.1. The molecule has 0 saturated carbocycles. The summed E-state index contributed by atoms with van der Waals surface area (Å²) in [4.78, 5) is 2.40. The van der Waals surface area contributed by atoms with Crippen LogP contribution in [0.25, 0.3) is 0 Å². The molecule has 4 nitrogen and oxygen atoms in total. The topological polar surface area (TPSA) is 39.7 Å². The molecule has 0 saturated heterocycles. The number of nitrogens with zero attached hydrogens (tertiary/aromatic N) is 2. The van der Waals surface area contributed by atoms with Crippen molar-refractivity contribution in [2.45, 2.75) is 40.0 Å². The summed E-state index contributed by atoms with van der Waals surface area (Å²) in [5.74, 6) is 0. The number of hydrogen-bond donors (Lipinski definition) is 2. The van der Waals surface area contributed by atoms with Crippen LogP contribution in [0.3, 0.4) is 0 Å². The first-order valence-electron chi connectivity index (χ1n) is 9.70. The summed E-state index contributed by atoms with van der Waals surface area (Å²) in [6.07, 6.45) is 5.16. The van der Waals surface area contributed by atoms with Gasteiger partial charge >= 0.3 is 0 Å². The van der Waals surface area contributed by atoms with Crippen LogP contribution in [-0.4, -0.2) is 24.4 Å². The smallest absolute Gasteiger partial charge is 0.191 e. The molecular formula is C22H30N4S. The number of hydrazone groups is 1. The highest BCUT2D eigenvalue weighted by Crippen LogP contribution is 2.16. The minimum absolute atomic E-state index is 0.487. The van der Waals surface area contributed by atoms with Crippen molar-refractivity contribution in [3.8, 4) is 0 Å². The predicted molar refractivity (Wildman–Crippen MR) is 122 cm³/mol. The van der Waals surface area contributed by atoms with Gasteiger partial charge in [-0.15, -0.1) is 0 Å². The van der Waals surface area contributed by atoms with Gasteiger partial charge < -0.3 is 10.2 Å². The van der Waals surface area contributed by atoms with Crippen molar-refractivity contribution in [3.05, 3.63) is 59.7 Å². The molecule has 2 rings (SSSR count). The Bertz CT molecular complexity index is 740. The first-order valence-corrected chi connectivity index (χ1v) is 10.1. The third-order valence-electron chi connectivity index (χ3n) is 4.45. The number of thiocarbonyl (C=S) groups is 1. The van der Waals surface area contributed by atoms with Gasteiger partial charge in [-0.05, 0) is 61.3 Å². The lowest BCUT2D eigenvalue weighted by Gasteiger charge is -2.22. The van der Waals surface area contributed by atoms with E-state index in [-0.39, 0.29) is 0 Å². The Morgan fingerprint density at radius 1 is 1.07 bits per heavy atom. The zero-order valence-corrected chi connectivity index (χ0v) is 17.4. The van der Waals surface area contributed by atoms with E-state index >= 15 is 0 Å². The van der Waals surface area contributed by atoms with E-state index in [4.69, 9.17) is 12.2 Å². The summed E-state index contributed by atoms with van der Waals surface area (Å²) in [5.41, 5.74) is 7.42. The van der Waals surface area contributed by atoms with Crippen LogP contribution in [0.2, 0.25) is 0 Å². The number of hydrogen-bond acceptors (Lipinski definition) is 3. The number of rotatable bonds is 9. The molecule has 2 N–H and O–H groups in total. The quantitative estimate of drug-likeness (QED) is 0.355. The van der Waals surface area contributed by atoms with Gasteiger partial charge in [0, 0.05) is 24.5 Å². The SMILES string of the molecule is CCCCN(CC)c1ccc(C=NNC(=S)Nc2ccccc2CC)cc1. The van der Waals surface area contributed by atoms with Crippen LogP contribution in [0.1, 0.15) is 44.7 Å². The van der Waals surface area contributed by atoms with Crippen LogP contribution in [0.4, 0.5) is 11.4 Å². The standard InChI is InChI=1S/C22H30N4S/c1-4-7-16-26(6-3)20-14-12-18(13-15-20)17-23-25-22(27)24-21-11-9-8-10-19(21)5-2/h8-15,17H,4-7,16H2,1-3H3,(H2,24,25,27). The van der Waals surface area contributed by atoms with E-state index in [1.807, 2.05) is 18.2 Å². The molecule has 0 fully saturated rings. The Morgan fingerprint density at radius 2 is 1.81 bits per heavy atom. The maximum atomic E-state index is 5.33. The second kappa shape index (κ2) is 11.3. The largest absolute Gasteiger partial charge is 0.372 e. The highest BCUT2D eigenvalue weighted by Gasteiger charge is 2.03. The van der Waals surface area contributed by atoms with Crippen molar-refractivity contribution >= 4 is 34.9 Å². The molecular weight excluding hydrogens is 352 g/mol. The Hall–Kier alpha value is -2.40. The zero-order valence-electron chi connectivity index (χ0n) is 16.5. The molecule has 0 unspecified atom stereocenters. The van der Waals surface area contributed by atoms with Gasteiger partial charge in [0.25, 0.3) is 0 Å². The molecule has 0 aromatic heterocycles. The lowest BCUT2D eigenvalue weighted by Crippen LogP contribution is -2.24. The highest BCUT2D eigenvalue weighted by molar-refractivity contribution is 7.80. The summed E-state index contributed by atoms with van der Waals surface area (Å²) in [7, 11) is 0. The Morgan fingerprint density at radius 3 is 2.48 bits per heavy atom. The maximum Gasteiger partial charge on any atom is 0.191 e. The third-order valence-corrected chi connectivity index (χ3v) is 4.64. The van der Waals surface area contributed by atoms with Crippen LogP contribution in [0.15, 0.2) is 53.6 Å². The Balaban J connectivity index is 1.89. The third kappa shape index (κ3) is 6.68. The highest BCUT2D eigenvalue weighted by atomic mass is 32.1. The van der Waals surface area contributed by atoms with E-state index < -0.39 is 0 Å².